The molecule has 7 heteroatoms. The zero-order valence-corrected chi connectivity index (χ0v) is 10.4. The van der Waals surface area contributed by atoms with Gasteiger partial charge in [-0.2, -0.15) is 5.26 Å². The molecule has 18 heavy (non-hydrogen) atoms. The van der Waals surface area contributed by atoms with Crippen LogP contribution in [0.3, 0.4) is 0 Å². The summed E-state index contributed by atoms with van der Waals surface area (Å²) < 4.78 is 0. The van der Waals surface area contributed by atoms with Crippen LogP contribution in [-0.4, -0.2) is 34.2 Å². The molecule has 1 heterocycles. The van der Waals surface area contributed by atoms with Crippen molar-refractivity contribution < 1.29 is 10.0 Å². The molecular formula is C11H14N4O3. The lowest BCUT2D eigenvalue weighted by Crippen LogP contribution is -2.44. The molecule has 0 bridgehead atoms. The van der Waals surface area contributed by atoms with E-state index >= 15 is 0 Å². The average Bonchev–Trinajstić information content (AvgIpc) is 2.36. The van der Waals surface area contributed by atoms with Gasteiger partial charge in [-0.25, -0.2) is 4.98 Å². The quantitative estimate of drug-likeness (QED) is 0.633. The second-order valence-electron chi connectivity index (χ2n) is 4.44. The second-order valence-corrected chi connectivity index (χ2v) is 4.44. The summed E-state index contributed by atoms with van der Waals surface area (Å²) in [5.74, 6) is 0.399. The number of aliphatic hydroxyl groups excluding tert-OH is 1. The molecule has 0 saturated heterocycles. The Morgan fingerprint density at radius 2 is 2.22 bits per heavy atom. The first kappa shape index (κ1) is 13.9. The van der Waals surface area contributed by atoms with E-state index in [9.17, 15) is 15.2 Å². The Kier molecular flexibility index (Phi) is 3.83. The van der Waals surface area contributed by atoms with Crippen LogP contribution in [0.1, 0.15) is 19.5 Å². The van der Waals surface area contributed by atoms with Gasteiger partial charge in [0, 0.05) is 13.1 Å². The normalized spacial score (nSPS) is 10.8. The van der Waals surface area contributed by atoms with Crippen molar-refractivity contribution in [1.29, 1.82) is 5.26 Å². The maximum absolute atomic E-state index is 10.7. The van der Waals surface area contributed by atoms with E-state index in [0.717, 1.165) is 0 Å². The van der Waals surface area contributed by atoms with Gasteiger partial charge in [-0.05, 0) is 19.9 Å². The molecule has 0 atom stereocenters. The molecule has 7 nitrogen and oxygen atoms in total. The van der Waals surface area contributed by atoms with E-state index in [1.165, 1.54) is 12.1 Å². The minimum absolute atomic E-state index is 0.107. The van der Waals surface area contributed by atoms with E-state index in [0.29, 0.717) is 5.82 Å². The van der Waals surface area contributed by atoms with Crippen LogP contribution in [0.4, 0.5) is 11.5 Å². The van der Waals surface area contributed by atoms with Gasteiger partial charge >= 0.3 is 5.69 Å². The Labute approximate surface area is 104 Å². The molecule has 0 radical (unpaired) electrons. The lowest BCUT2D eigenvalue weighted by atomic mass is 10.1. The van der Waals surface area contributed by atoms with Crippen LogP contribution in [-0.2, 0) is 0 Å². The zero-order valence-electron chi connectivity index (χ0n) is 10.4. The molecule has 0 aliphatic carbocycles. The number of aliphatic hydroxyl groups is 1. The van der Waals surface area contributed by atoms with Gasteiger partial charge in [0.1, 0.15) is 11.9 Å². The highest BCUT2D eigenvalue weighted by Gasteiger charge is 2.25. The third kappa shape index (κ3) is 2.55. The van der Waals surface area contributed by atoms with Gasteiger partial charge in [-0.3, -0.25) is 10.1 Å². The molecule has 0 aliphatic rings. The number of hydrogen-bond donors (Lipinski definition) is 1. The average molecular weight is 250 g/mol. The topological polar surface area (TPSA) is 103 Å². The molecule has 0 unspecified atom stereocenters. The zero-order chi connectivity index (χ0) is 13.9. The van der Waals surface area contributed by atoms with Gasteiger partial charge in [-0.15, -0.1) is 0 Å². The Morgan fingerprint density at radius 3 is 2.67 bits per heavy atom. The summed E-state index contributed by atoms with van der Waals surface area (Å²) in [5.41, 5.74) is -1.13. The second kappa shape index (κ2) is 4.98. The molecule has 1 rings (SSSR count). The van der Waals surface area contributed by atoms with Crippen molar-refractivity contribution in [2.24, 2.45) is 0 Å². The van der Waals surface area contributed by atoms with E-state index in [1.54, 1.807) is 31.9 Å². The van der Waals surface area contributed by atoms with Crippen molar-refractivity contribution in [3.05, 3.63) is 27.9 Å². The highest BCUT2D eigenvalue weighted by molar-refractivity contribution is 5.52. The third-order valence-electron chi connectivity index (χ3n) is 2.80. The van der Waals surface area contributed by atoms with Crippen LogP contribution in [0.25, 0.3) is 0 Å². The minimum atomic E-state index is -0.646. The van der Waals surface area contributed by atoms with Crippen molar-refractivity contribution in [2.75, 3.05) is 18.6 Å². The lowest BCUT2D eigenvalue weighted by molar-refractivity contribution is -0.385. The Hall–Kier alpha value is -2.20. The number of hydrogen-bond acceptors (Lipinski definition) is 6. The monoisotopic (exact) mass is 250 g/mol. The van der Waals surface area contributed by atoms with E-state index in [2.05, 4.69) is 4.98 Å². The fourth-order valence-electron chi connectivity index (χ4n) is 1.27. The molecule has 0 fully saturated rings. The van der Waals surface area contributed by atoms with Crippen LogP contribution in [0.15, 0.2) is 12.1 Å². The number of nitrogens with zero attached hydrogens (tertiary/aromatic N) is 4. The van der Waals surface area contributed by atoms with E-state index in [4.69, 9.17) is 5.26 Å². The van der Waals surface area contributed by atoms with Crippen LogP contribution in [0, 0.1) is 21.4 Å². The maximum Gasteiger partial charge on any atom is 0.305 e. The predicted molar refractivity (Wildman–Crippen MR) is 65.2 cm³/mol. The number of anilines is 1. The maximum atomic E-state index is 10.7. The summed E-state index contributed by atoms with van der Waals surface area (Å²) in [5, 5.41) is 28.8. The van der Waals surface area contributed by atoms with E-state index < -0.39 is 10.5 Å². The standard InChI is InChI=1S/C11H14N4O3/c1-11(2,7-16)14(3)10-5-4-9(15(17)18)8(6-12)13-10/h4-5,16H,7H2,1-3H3. The first-order valence-corrected chi connectivity index (χ1v) is 5.23. The third-order valence-corrected chi connectivity index (χ3v) is 2.80. The van der Waals surface area contributed by atoms with Gasteiger partial charge in [0.2, 0.25) is 5.69 Å². The van der Waals surface area contributed by atoms with Crippen molar-refractivity contribution in [3.8, 4) is 6.07 Å². The molecule has 1 aromatic rings. The molecule has 0 aromatic carbocycles. The highest BCUT2D eigenvalue weighted by atomic mass is 16.6. The number of rotatable bonds is 4. The SMILES string of the molecule is CN(c1ccc([N+](=O)[O-])c(C#N)n1)C(C)(C)CO. The summed E-state index contributed by atoms with van der Waals surface area (Å²) in [6, 6.07) is 4.40. The molecule has 0 saturated carbocycles. The molecule has 0 spiro atoms. The Balaban J connectivity index is 3.23. The number of nitro groups is 1. The van der Waals surface area contributed by atoms with Gasteiger partial charge in [0.05, 0.1) is 17.1 Å². The summed E-state index contributed by atoms with van der Waals surface area (Å²) in [6.07, 6.45) is 0. The molecule has 1 aromatic heterocycles. The van der Waals surface area contributed by atoms with Crippen LogP contribution < -0.4 is 4.90 Å². The summed E-state index contributed by atoms with van der Waals surface area (Å²) >= 11 is 0. The highest BCUT2D eigenvalue weighted by Crippen LogP contribution is 2.24. The lowest BCUT2D eigenvalue weighted by Gasteiger charge is -2.34. The summed E-state index contributed by atoms with van der Waals surface area (Å²) in [4.78, 5) is 15.6. The number of nitriles is 1. The smallest absolute Gasteiger partial charge is 0.305 e. The van der Waals surface area contributed by atoms with Crippen molar-refractivity contribution in [1.82, 2.24) is 4.98 Å². The predicted octanol–water partition coefficient (Wildman–Crippen LogP) is 1.07. The molecule has 0 aliphatic heterocycles. The number of pyridine rings is 1. The van der Waals surface area contributed by atoms with Gasteiger partial charge in [0.15, 0.2) is 0 Å². The molecule has 1 N–H and O–H groups in total. The summed E-state index contributed by atoms with van der Waals surface area (Å²) in [7, 11) is 1.70. The van der Waals surface area contributed by atoms with Crippen molar-refractivity contribution >= 4 is 11.5 Å². The molecule has 0 amide bonds. The first-order chi connectivity index (χ1) is 8.33. The van der Waals surface area contributed by atoms with Crippen molar-refractivity contribution in [3.63, 3.8) is 0 Å². The fourth-order valence-corrected chi connectivity index (χ4v) is 1.27. The summed E-state index contributed by atoms with van der Waals surface area (Å²) in [6.45, 7) is 3.48. The van der Waals surface area contributed by atoms with E-state index in [1.807, 2.05) is 0 Å². The molecular weight excluding hydrogens is 236 g/mol. The van der Waals surface area contributed by atoms with Crippen LogP contribution in [0.5, 0.6) is 0 Å². The van der Waals surface area contributed by atoms with Gasteiger partial charge < -0.3 is 10.0 Å². The first-order valence-electron chi connectivity index (χ1n) is 5.23. The largest absolute Gasteiger partial charge is 0.394 e. The Morgan fingerprint density at radius 1 is 1.61 bits per heavy atom. The van der Waals surface area contributed by atoms with Gasteiger partial charge in [-0.1, -0.05) is 0 Å². The van der Waals surface area contributed by atoms with Crippen LogP contribution in [0.2, 0.25) is 0 Å². The van der Waals surface area contributed by atoms with Gasteiger partial charge in [0.25, 0.3) is 0 Å². The minimum Gasteiger partial charge on any atom is -0.394 e. The van der Waals surface area contributed by atoms with Crippen molar-refractivity contribution in [2.45, 2.75) is 19.4 Å². The Bertz CT molecular complexity index is 508. The van der Waals surface area contributed by atoms with E-state index in [-0.39, 0.29) is 18.0 Å². The van der Waals surface area contributed by atoms with Crippen LogP contribution >= 0.6 is 0 Å². The fraction of sp³-hybridized carbons (Fsp3) is 0.455. The molecule has 96 valence electrons. The number of aromatic nitrogens is 1. The number of likely N-dealkylation sites (N-methyl/N-ethyl adjacent to an activating group) is 1.